The lowest BCUT2D eigenvalue weighted by Gasteiger charge is -2.35. The second-order valence-electron chi connectivity index (χ2n) is 8.61. The van der Waals surface area contributed by atoms with Gasteiger partial charge in [0.05, 0.1) is 6.54 Å². The molecule has 0 aliphatic carbocycles. The summed E-state index contributed by atoms with van der Waals surface area (Å²) in [6.45, 7) is 10.6. The molecule has 3 rings (SSSR count). The highest BCUT2D eigenvalue weighted by Gasteiger charge is 2.23. The van der Waals surface area contributed by atoms with Crippen LogP contribution in [0.5, 0.6) is 0 Å². The van der Waals surface area contributed by atoms with Gasteiger partial charge < -0.3 is 9.73 Å². The van der Waals surface area contributed by atoms with Crippen LogP contribution >= 0.6 is 0 Å². The van der Waals surface area contributed by atoms with Crippen molar-refractivity contribution in [3.63, 3.8) is 0 Å². The van der Waals surface area contributed by atoms with E-state index in [9.17, 15) is 4.79 Å². The van der Waals surface area contributed by atoms with Crippen molar-refractivity contribution in [1.82, 2.24) is 15.2 Å². The average Bonchev–Trinajstić information content (AvgIpc) is 3.18. The molecule has 1 aromatic carbocycles. The number of carbonyl (C=O) groups is 1. The molecule has 0 radical (unpaired) electrons. The molecule has 0 unspecified atom stereocenters. The maximum Gasteiger partial charge on any atom is 0.287 e. The first kappa shape index (κ1) is 21.8. The molecule has 0 aliphatic heterocycles. The molecule has 0 aliphatic rings. The van der Waals surface area contributed by atoms with Crippen molar-refractivity contribution in [3.8, 4) is 0 Å². The largest absolute Gasteiger partial charge is 0.455 e. The van der Waals surface area contributed by atoms with E-state index in [4.69, 9.17) is 4.42 Å². The molecule has 0 saturated carbocycles. The van der Waals surface area contributed by atoms with E-state index >= 15 is 0 Å². The van der Waals surface area contributed by atoms with Crippen molar-refractivity contribution in [3.05, 3.63) is 89.1 Å². The van der Waals surface area contributed by atoms with Gasteiger partial charge in [-0.2, -0.15) is 0 Å². The van der Waals surface area contributed by atoms with Gasteiger partial charge >= 0.3 is 0 Å². The van der Waals surface area contributed by atoms with Crippen molar-refractivity contribution in [1.29, 1.82) is 0 Å². The Morgan fingerprint density at radius 1 is 1.03 bits per heavy atom. The van der Waals surface area contributed by atoms with Gasteiger partial charge in [-0.25, -0.2) is 0 Å². The molecular weight excluding hydrogens is 374 g/mol. The first-order valence-electron chi connectivity index (χ1n) is 10.4. The van der Waals surface area contributed by atoms with Gasteiger partial charge in [0.25, 0.3) is 5.91 Å². The highest BCUT2D eigenvalue weighted by molar-refractivity contribution is 5.91. The summed E-state index contributed by atoms with van der Waals surface area (Å²) in [6.07, 6.45) is 2.45. The minimum Gasteiger partial charge on any atom is -0.455 e. The Balaban J connectivity index is 1.58. The molecule has 1 N–H and O–H groups in total. The summed E-state index contributed by atoms with van der Waals surface area (Å²) in [6, 6.07) is 18.0. The minimum absolute atomic E-state index is 0.0389. The third-order valence-corrected chi connectivity index (χ3v) is 5.07. The molecule has 3 aromatic rings. The van der Waals surface area contributed by atoms with Gasteiger partial charge in [-0.1, -0.05) is 35.9 Å². The van der Waals surface area contributed by atoms with Gasteiger partial charge in [-0.05, 0) is 57.5 Å². The van der Waals surface area contributed by atoms with Crippen LogP contribution in [0.1, 0.15) is 53.9 Å². The second-order valence-corrected chi connectivity index (χ2v) is 8.61. The molecule has 158 valence electrons. The van der Waals surface area contributed by atoms with E-state index in [1.165, 1.54) is 11.1 Å². The van der Waals surface area contributed by atoms with Gasteiger partial charge in [-0.3, -0.25) is 14.7 Å². The Bertz CT molecular complexity index is 941. The van der Waals surface area contributed by atoms with Crippen molar-refractivity contribution in [2.45, 2.75) is 52.7 Å². The summed E-state index contributed by atoms with van der Waals surface area (Å²) in [7, 11) is 0. The number of furan rings is 1. The number of nitrogens with one attached hydrogen (secondary N) is 1. The molecule has 5 nitrogen and oxygen atoms in total. The van der Waals surface area contributed by atoms with E-state index < -0.39 is 0 Å². The van der Waals surface area contributed by atoms with Crippen LogP contribution in [0.4, 0.5) is 0 Å². The van der Waals surface area contributed by atoms with Crippen LogP contribution in [0.3, 0.4) is 0 Å². The lowest BCUT2D eigenvalue weighted by atomic mass is 10.0. The molecule has 0 saturated heterocycles. The highest BCUT2D eigenvalue weighted by Crippen LogP contribution is 2.22. The molecule has 30 heavy (non-hydrogen) atoms. The number of pyridine rings is 1. The summed E-state index contributed by atoms with van der Waals surface area (Å²) in [5.41, 5.74) is 3.43. The molecule has 0 bridgehead atoms. The monoisotopic (exact) mass is 405 g/mol. The summed E-state index contributed by atoms with van der Waals surface area (Å²) in [5.74, 6) is 0.931. The quantitative estimate of drug-likeness (QED) is 0.587. The van der Waals surface area contributed by atoms with Crippen molar-refractivity contribution < 1.29 is 9.21 Å². The van der Waals surface area contributed by atoms with Gasteiger partial charge in [0.2, 0.25) is 0 Å². The van der Waals surface area contributed by atoms with E-state index in [1.807, 2.05) is 24.3 Å². The SMILES string of the molecule is Cc1ccc(CN(Cc2ccc(C(=O)NCCc3ccccn3)o2)C(C)(C)C)cc1. The Morgan fingerprint density at radius 3 is 2.47 bits per heavy atom. The van der Waals surface area contributed by atoms with E-state index in [2.05, 4.69) is 67.2 Å². The Kier molecular flexibility index (Phi) is 7.06. The standard InChI is InChI=1S/C25H31N3O2/c1-19-8-10-20(11-9-19)17-28(25(2,3)4)18-22-12-13-23(30-22)24(29)27-16-14-21-7-5-6-15-26-21/h5-13,15H,14,16-18H2,1-4H3,(H,27,29). The minimum atomic E-state index is -0.196. The van der Waals surface area contributed by atoms with E-state index in [1.54, 1.807) is 12.3 Å². The summed E-state index contributed by atoms with van der Waals surface area (Å²) in [4.78, 5) is 19.0. The smallest absolute Gasteiger partial charge is 0.287 e. The van der Waals surface area contributed by atoms with Gasteiger partial charge in [0.1, 0.15) is 5.76 Å². The van der Waals surface area contributed by atoms with Crippen LogP contribution in [0.2, 0.25) is 0 Å². The van der Waals surface area contributed by atoms with Crippen LogP contribution in [0.25, 0.3) is 0 Å². The van der Waals surface area contributed by atoms with Crippen molar-refractivity contribution >= 4 is 5.91 Å². The van der Waals surface area contributed by atoms with Gasteiger partial charge in [0.15, 0.2) is 5.76 Å². The normalized spacial score (nSPS) is 11.6. The number of hydrogen-bond acceptors (Lipinski definition) is 4. The zero-order chi connectivity index (χ0) is 21.6. The number of rotatable bonds is 8. The number of nitrogens with zero attached hydrogens (tertiary/aromatic N) is 2. The van der Waals surface area contributed by atoms with Crippen molar-refractivity contribution in [2.75, 3.05) is 6.54 Å². The molecule has 5 heteroatoms. The number of benzene rings is 1. The van der Waals surface area contributed by atoms with Crippen LogP contribution < -0.4 is 5.32 Å². The fourth-order valence-corrected chi connectivity index (χ4v) is 3.15. The zero-order valence-corrected chi connectivity index (χ0v) is 18.3. The molecule has 2 aromatic heterocycles. The van der Waals surface area contributed by atoms with Crippen LogP contribution in [0.15, 0.2) is 65.2 Å². The number of aryl methyl sites for hydroxylation is 1. The zero-order valence-electron chi connectivity index (χ0n) is 18.3. The van der Waals surface area contributed by atoms with Crippen LogP contribution in [-0.4, -0.2) is 27.9 Å². The third-order valence-electron chi connectivity index (χ3n) is 5.07. The van der Waals surface area contributed by atoms with Gasteiger partial charge in [-0.15, -0.1) is 0 Å². The predicted octanol–water partition coefficient (Wildman–Crippen LogP) is 4.76. The lowest BCUT2D eigenvalue weighted by molar-refractivity contribution is 0.0906. The molecule has 1 amide bonds. The van der Waals surface area contributed by atoms with E-state index in [0.717, 1.165) is 18.0 Å². The lowest BCUT2D eigenvalue weighted by Crippen LogP contribution is -2.40. The molecule has 0 spiro atoms. The second kappa shape index (κ2) is 9.72. The number of hydrogen-bond donors (Lipinski definition) is 1. The predicted molar refractivity (Wildman–Crippen MR) is 119 cm³/mol. The molecule has 2 heterocycles. The third kappa shape index (κ3) is 6.29. The molecule has 0 atom stereocenters. The van der Waals surface area contributed by atoms with E-state index in [0.29, 0.717) is 25.3 Å². The summed E-state index contributed by atoms with van der Waals surface area (Å²) in [5, 5.41) is 2.90. The van der Waals surface area contributed by atoms with Gasteiger partial charge in [0, 0.05) is 36.9 Å². The maximum atomic E-state index is 12.4. The van der Waals surface area contributed by atoms with Crippen molar-refractivity contribution in [2.24, 2.45) is 0 Å². The topological polar surface area (TPSA) is 58.4 Å². The first-order valence-corrected chi connectivity index (χ1v) is 10.4. The Labute approximate surface area is 179 Å². The summed E-state index contributed by atoms with van der Waals surface area (Å²) >= 11 is 0. The number of amides is 1. The number of aromatic nitrogens is 1. The van der Waals surface area contributed by atoms with Crippen LogP contribution in [-0.2, 0) is 19.5 Å². The van der Waals surface area contributed by atoms with Crippen LogP contribution in [0, 0.1) is 6.92 Å². The first-order chi connectivity index (χ1) is 14.3. The highest BCUT2D eigenvalue weighted by atomic mass is 16.4. The molecular formula is C25H31N3O2. The maximum absolute atomic E-state index is 12.4. The van der Waals surface area contributed by atoms with E-state index in [-0.39, 0.29) is 11.4 Å². The number of carbonyl (C=O) groups excluding carboxylic acids is 1. The fraction of sp³-hybridized carbons (Fsp3) is 0.360. The summed E-state index contributed by atoms with van der Waals surface area (Å²) < 4.78 is 5.86. The Morgan fingerprint density at radius 2 is 1.80 bits per heavy atom. The average molecular weight is 406 g/mol. The Hall–Kier alpha value is -2.92. The molecule has 0 fully saturated rings. The fourth-order valence-electron chi connectivity index (χ4n) is 3.15.